The number of hydrogen-bond acceptors (Lipinski definition) is 4. The molecule has 0 radical (unpaired) electrons. The van der Waals surface area contributed by atoms with Gasteiger partial charge in [0.2, 0.25) is 0 Å². The van der Waals surface area contributed by atoms with Crippen molar-refractivity contribution in [2.75, 3.05) is 38.3 Å². The summed E-state index contributed by atoms with van der Waals surface area (Å²) >= 11 is 0. The van der Waals surface area contributed by atoms with Gasteiger partial charge in [0.1, 0.15) is 11.5 Å². The summed E-state index contributed by atoms with van der Waals surface area (Å²) in [4.78, 5) is 17.3. The number of fused-ring (bicyclic) bond motifs is 1. The number of carbonyl (C=O) groups excluding carboxylic acids is 1. The molecule has 1 fully saturated rings. The summed E-state index contributed by atoms with van der Waals surface area (Å²) in [5.41, 5.74) is 3.07. The lowest BCUT2D eigenvalue weighted by Gasteiger charge is -2.41. The van der Waals surface area contributed by atoms with Crippen molar-refractivity contribution >= 4 is 11.6 Å². The SMILES string of the molecule is COc1ccc(N2CCN(C(=O)c3ccc4c(c3)CCO4)C(C)C2)cc1. The smallest absolute Gasteiger partial charge is 0.254 e. The lowest BCUT2D eigenvalue weighted by molar-refractivity contribution is 0.0674. The van der Waals surface area contributed by atoms with Gasteiger partial charge in [-0.2, -0.15) is 0 Å². The predicted molar refractivity (Wildman–Crippen MR) is 101 cm³/mol. The highest BCUT2D eigenvalue weighted by atomic mass is 16.5. The van der Waals surface area contributed by atoms with Gasteiger partial charge < -0.3 is 19.3 Å². The van der Waals surface area contributed by atoms with Gasteiger partial charge in [0.25, 0.3) is 5.91 Å². The summed E-state index contributed by atoms with van der Waals surface area (Å²) in [7, 11) is 1.67. The molecule has 4 rings (SSSR count). The van der Waals surface area contributed by atoms with Crippen LogP contribution in [-0.2, 0) is 6.42 Å². The highest BCUT2D eigenvalue weighted by Crippen LogP contribution is 2.28. The quantitative estimate of drug-likeness (QED) is 0.852. The third-order valence-corrected chi connectivity index (χ3v) is 5.26. The molecule has 5 nitrogen and oxygen atoms in total. The first-order chi connectivity index (χ1) is 12.7. The Bertz CT molecular complexity index is 803. The molecule has 0 aromatic heterocycles. The third kappa shape index (κ3) is 3.09. The van der Waals surface area contributed by atoms with Crippen molar-refractivity contribution in [1.82, 2.24) is 4.90 Å². The zero-order valence-corrected chi connectivity index (χ0v) is 15.3. The molecule has 2 heterocycles. The second kappa shape index (κ2) is 6.90. The summed E-state index contributed by atoms with van der Waals surface area (Å²) in [6, 6.07) is 14.1. The van der Waals surface area contributed by atoms with E-state index >= 15 is 0 Å². The first-order valence-electron chi connectivity index (χ1n) is 9.11. The Labute approximate surface area is 154 Å². The van der Waals surface area contributed by atoms with Crippen LogP contribution in [0.3, 0.4) is 0 Å². The fourth-order valence-corrected chi connectivity index (χ4v) is 3.77. The maximum absolute atomic E-state index is 13.0. The number of benzene rings is 2. The Balaban J connectivity index is 1.45. The van der Waals surface area contributed by atoms with Crippen LogP contribution in [0.1, 0.15) is 22.8 Å². The van der Waals surface area contributed by atoms with Gasteiger partial charge in [0.15, 0.2) is 0 Å². The number of methoxy groups -OCH3 is 1. The van der Waals surface area contributed by atoms with Crippen molar-refractivity contribution in [2.45, 2.75) is 19.4 Å². The third-order valence-electron chi connectivity index (χ3n) is 5.26. The Morgan fingerprint density at radius 1 is 1.15 bits per heavy atom. The van der Waals surface area contributed by atoms with Crippen LogP contribution in [0.25, 0.3) is 0 Å². The van der Waals surface area contributed by atoms with Crippen LogP contribution in [0.2, 0.25) is 0 Å². The van der Waals surface area contributed by atoms with Gasteiger partial charge in [0.05, 0.1) is 13.7 Å². The maximum atomic E-state index is 13.0. The fraction of sp³-hybridized carbons (Fsp3) is 0.381. The molecule has 0 saturated carbocycles. The Morgan fingerprint density at radius 2 is 1.96 bits per heavy atom. The summed E-state index contributed by atoms with van der Waals surface area (Å²) in [6.45, 7) is 5.20. The summed E-state index contributed by atoms with van der Waals surface area (Å²) < 4.78 is 10.8. The predicted octanol–water partition coefficient (Wildman–Crippen LogP) is 2.98. The van der Waals surface area contributed by atoms with Crippen LogP contribution < -0.4 is 14.4 Å². The molecule has 1 saturated heterocycles. The van der Waals surface area contributed by atoms with E-state index in [0.717, 1.165) is 48.7 Å². The van der Waals surface area contributed by atoms with E-state index in [0.29, 0.717) is 6.61 Å². The van der Waals surface area contributed by atoms with Gasteiger partial charge in [0, 0.05) is 43.3 Å². The van der Waals surface area contributed by atoms with Gasteiger partial charge >= 0.3 is 0 Å². The minimum Gasteiger partial charge on any atom is -0.497 e. The molecule has 1 atom stereocenters. The number of ether oxygens (including phenoxy) is 2. The molecule has 0 aliphatic carbocycles. The molecule has 26 heavy (non-hydrogen) atoms. The maximum Gasteiger partial charge on any atom is 0.254 e. The lowest BCUT2D eigenvalue weighted by atomic mass is 10.1. The van der Waals surface area contributed by atoms with E-state index < -0.39 is 0 Å². The summed E-state index contributed by atoms with van der Waals surface area (Å²) in [5.74, 6) is 1.89. The van der Waals surface area contributed by atoms with Gasteiger partial charge in [-0.25, -0.2) is 0 Å². The molecule has 0 bridgehead atoms. The summed E-state index contributed by atoms with van der Waals surface area (Å²) in [5, 5.41) is 0. The Kier molecular flexibility index (Phi) is 4.45. The van der Waals surface area contributed by atoms with Crippen LogP contribution in [-0.4, -0.2) is 50.2 Å². The van der Waals surface area contributed by atoms with Gasteiger partial charge in [-0.15, -0.1) is 0 Å². The van der Waals surface area contributed by atoms with Crippen molar-refractivity contribution < 1.29 is 14.3 Å². The average Bonchev–Trinajstić information content (AvgIpc) is 3.15. The zero-order chi connectivity index (χ0) is 18.1. The first-order valence-corrected chi connectivity index (χ1v) is 9.11. The summed E-state index contributed by atoms with van der Waals surface area (Å²) in [6.07, 6.45) is 0.886. The second-order valence-corrected chi connectivity index (χ2v) is 6.91. The normalized spacial score (nSPS) is 19.1. The van der Waals surface area contributed by atoms with E-state index in [1.807, 2.05) is 35.2 Å². The monoisotopic (exact) mass is 352 g/mol. The first kappa shape index (κ1) is 16.8. The van der Waals surface area contributed by atoms with E-state index in [1.165, 1.54) is 5.69 Å². The van der Waals surface area contributed by atoms with Crippen LogP contribution in [0.15, 0.2) is 42.5 Å². The number of hydrogen-bond donors (Lipinski definition) is 0. The molecular formula is C21H24N2O3. The molecule has 5 heteroatoms. The fourth-order valence-electron chi connectivity index (χ4n) is 3.77. The van der Waals surface area contributed by atoms with Crippen molar-refractivity contribution in [2.24, 2.45) is 0 Å². The van der Waals surface area contributed by atoms with Crippen LogP contribution in [0, 0.1) is 0 Å². The van der Waals surface area contributed by atoms with Crippen molar-refractivity contribution in [3.8, 4) is 11.5 Å². The largest absolute Gasteiger partial charge is 0.497 e. The molecule has 2 aromatic carbocycles. The van der Waals surface area contributed by atoms with Crippen LogP contribution >= 0.6 is 0 Å². The highest BCUT2D eigenvalue weighted by Gasteiger charge is 2.29. The van der Waals surface area contributed by atoms with E-state index in [2.05, 4.69) is 24.0 Å². The molecule has 1 unspecified atom stereocenters. The molecular weight excluding hydrogens is 328 g/mol. The van der Waals surface area contributed by atoms with E-state index in [1.54, 1.807) is 7.11 Å². The zero-order valence-electron chi connectivity index (χ0n) is 15.3. The second-order valence-electron chi connectivity index (χ2n) is 6.91. The molecule has 2 aromatic rings. The number of carbonyl (C=O) groups is 1. The van der Waals surface area contributed by atoms with Crippen LogP contribution in [0.5, 0.6) is 11.5 Å². The number of nitrogens with zero attached hydrogens (tertiary/aromatic N) is 2. The molecule has 2 aliphatic heterocycles. The van der Waals surface area contributed by atoms with E-state index in [4.69, 9.17) is 9.47 Å². The standard InChI is InChI=1S/C21H24N2O3/c1-15-14-22(18-4-6-19(25-2)7-5-18)10-11-23(15)21(24)17-3-8-20-16(13-17)9-12-26-20/h3-8,13,15H,9-12,14H2,1-2H3. The van der Waals surface area contributed by atoms with Crippen molar-refractivity contribution in [3.05, 3.63) is 53.6 Å². The van der Waals surface area contributed by atoms with Crippen LogP contribution in [0.4, 0.5) is 5.69 Å². The minimum atomic E-state index is 0.113. The van der Waals surface area contributed by atoms with Gasteiger partial charge in [-0.1, -0.05) is 0 Å². The molecule has 0 N–H and O–H groups in total. The minimum absolute atomic E-state index is 0.113. The lowest BCUT2D eigenvalue weighted by Crippen LogP contribution is -2.54. The number of amides is 1. The molecule has 1 amide bonds. The Hall–Kier alpha value is -2.69. The van der Waals surface area contributed by atoms with E-state index in [-0.39, 0.29) is 11.9 Å². The number of anilines is 1. The van der Waals surface area contributed by atoms with Gasteiger partial charge in [-0.3, -0.25) is 4.79 Å². The molecule has 2 aliphatic rings. The average molecular weight is 352 g/mol. The Morgan fingerprint density at radius 3 is 2.69 bits per heavy atom. The van der Waals surface area contributed by atoms with Gasteiger partial charge in [-0.05, 0) is 55.0 Å². The van der Waals surface area contributed by atoms with Crippen molar-refractivity contribution in [1.29, 1.82) is 0 Å². The number of piperazine rings is 1. The molecule has 0 spiro atoms. The topological polar surface area (TPSA) is 42.0 Å². The van der Waals surface area contributed by atoms with Crippen molar-refractivity contribution in [3.63, 3.8) is 0 Å². The molecule has 136 valence electrons. The van der Waals surface area contributed by atoms with E-state index in [9.17, 15) is 4.79 Å². The highest BCUT2D eigenvalue weighted by molar-refractivity contribution is 5.95. The number of rotatable bonds is 3.